The van der Waals surface area contributed by atoms with Crippen LogP contribution in [0.1, 0.15) is 42.1 Å². The molecule has 1 heterocycles. The van der Waals surface area contributed by atoms with Gasteiger partial charge in [-0.15, -0.1) is 0 Å². The van der Waals surface area contributed by atoms with Gasteiger partial charge in [-0.1, -0.05) is 24.3 Å². The van der Waals surface area contributed by atoms with Crippen LogP contribution in [0.25, 0.3) is 0 Å². The zero-order valence-electron chi connectivity index (χ0n) is 16.2. The van der Waals surface area contributed by atoms with Gasteiger partial charge in [0.25, 0.3) is 0 Å². The van der Waals surface area contributed by atoms with E-state index in [1.54, 1.807) is 12.1 Å². The third-order valence-corrected chi connectivity index (χ3v) is 8.24. The Morgan fingerprint density at radius 2 is 1.76 bits per heavy atom. The number of hydrogen-bond donors (Lipinski definition) is 1. The van der Waals surface area contributed by atoms with E-state index in [9.17, 15) is 22.7 Å². The fraction of sp³-hybridized carbons (Fsp3) is 0.409. The van der Waals surface area contributed by atoms with Crippen LogP contribution >= 0.6 is 0 Å². The number of benzene rings is 2. The van der Waals surface area contributed by atoms with E-state index in [4.69, 9.17) is 0 Å². The highest BCUT2D eigenvalue weighted by atomic mass is 32.2. The number of carbonyl (C=O) groups excluding carboxylic acids is 1. The molecular formula is C22H24FNO4S. The second-order valence-corrected chi connectivity index (χ2v) is 10.0. The molecule has 154 valence electrons. The topological polar surface area (TPSA) is 74.7 Å². The number of hydrogen-bond acceptors (Lipinski definition) is 4. The van der Waals surface area contributed by atoms with Crippen molar-refractivity contribution in [2.75, 3.05) is 13.1 Å². The van der Waals surface area contributed by atoms with Gasteiger partial charge in [-0.25, -0.2) is 12.8 Å². The van der Waals surface area contributed by atoms with Crippen molar-refractivity contribution in [2.45, 2.75) is 36.7 Å². The van der Waals surface area contributed by atoms with Gasteiger partial charge in [0.05, 0.1) is 10.5 Å². The van der Waals surface area contributed by atoms with E-state index in [1.807, 2.05) is 0 Å². The highest BCUT2D eigenvalue weighted by Gasteiger charge is 2.52. The first-order valence-electron chi connectivity index (χ1n) is 9.81. The summed E-state index contributed by atoms with van der Waals surface area (Å²) >= 11 is 0. The normalized spacial score (nSPS) is 27.6. The predicted octanol–water partition coefficient (Wildman–Crippen LogP) is 3.34. The summed E-state index contributed by atoms with van der Waals surface area (Å²) in [6.07, 6.45) is 2.17. The molecule has 0 aromatic heterocycles. The average Bonchev–Trinajstić information content (AvgIpc) is 3.15. The number of halogens is 1. The van der Waals surface area contributed by atoms with Crippen molar-refractivity contribution in [1.82, 2.24) is 4.31 Å². The number of sulfonamides is 1. The number of ketones is 1. The number of aliphatic hydroxyl groups is 1. The summed E-state index contributed by atoms with van der Waals surface area (Å²) in [5.41, 5.74) is -0.0669. The lowest BCUT2D eigenvalue weighted by molar-refractivity contribution is -0.0641. The zero-order chi connectivity index (χ0) is 20.8. The van der Waals surface area contributed by atoms with Crippen molar-refractivity contribution < 1.29 is 22.7 Å². The van der Waals surface area contributed by atoms with E-state index in [1.165, 1.54) is 47.6 Å². The van der Waals surface area contributed by atoms with Crippen LogP contribution < -0.4 is 0 Å². The molecule has 7 heteroatoms. The molecule has 29 heavy (non-hydrogen) atoms. The molecule has 0 spiro atoms. The van der Waals surface area contributed by atoms with Gasteiger partial charge in [0.1, 0.15) is 5.82 Å². The van der Waals surface area contributed by atoms with Crippen LogP contribution in [0.2, 0.25) is 0 Å². The molecule has 2 aliphatic rings. The Balaban J connectivity index is 1.62. The Morgan fingerprint density at radius 1 is 1.10 bits per heavy atom. The van der Waals surface area contributed by atoms with Crippen molar-refractivity contribution in [2.24, 2.45) is 11.8 Å². The van der Waals surface area contributed by atoms with Gasteiger partial charge in [0, 0.05) is 24.6 Å². The molecule has 1 aliphatic heterocycles. The lowest BCUT2D eigenvalue weighted by Crippen LogP contribution is -2.43. The fourth-order valence-electron chi connectivity index (χ4n) is 4.79. The van der Waals surface area contributed by atoms with Gasteiger partial charge in [-0.2, -0.15) is 4.31 Å². The van der Waals surface area contributed by atoms with Crippen LogP contribution in [-0.4, -0.2) is 36.7 Å². The molecule has 0 unspecified atom stereocenters. The SMILES string of the molecule is CC(=O)c1ccc(S(=O)(=O)N2C[C@@H]3CCC[C@@](O)(c4ccc(F)cc4)[C@H]3C2)cc1. The lowest BCUT2D eigenvalue weighted by Gasteiger charge is -2.41. The van der Waals surface area contributed by atoms with Gasteiger partial charge in [0.15, 0.2) is 5.78 Å². The molecule has 4 rings (SSSR count). The quantitative estimate of drug-likeness (QED) is 0.775. The molecule has 0 amide bonds. The molecule has 2 fully saturated rings. The first-order valence-corrected chi connectivity index (χ1v) is 11.3. The lowest BCUT2D eigenvalue weighted by atomic mass is 9.67. The minimum absolute atomic E-state index is 0.0464. The summed E-state index contributed by atoms with van der Waals surface area (Å²) in [6.45, 7) is 2.01. The number of carbonyl (C=O) groups is 1. The smallest absolute Gasteiger partial charge is 0.243 e. The molecular weight excluding hydrogens is 393 g/mol. The van der Waals surface area contributed by atoms with Crippen molar-refractivity contribution in [1.29, 1.82) is 0 Å². The summed E-state index contributed by atoms with van der Waals surface area (Å²) in [7, 11) is -3.73. The molecule has 0 radical (unpaired) electrons. The maximum Gasteiger partial charge on any atom is 0.243 e. The van der Waals surface area contributed by atoms with Crippen LogP contribution in [-0.2, 0) is 15.6 Å². The molecule has 1 N–H and O–H groups in total. The number of fused-ring (bicyclic) bond motifs is 1. The standard InChI is InChI=1S/C22H24FNO4S/c1-15(25)16-4-10-20(11-5-16)29(27,28)24-13-17-3-2-12-22(26,21(17)14-24)18-6-8-19(23)9-7-18/h4-11,17,21,26H,2-3,12-14H2,1H3/t17-,21-,22+/m0/s1. The van der Waals surface area contributed by atoms with E-state index in [0.29, 0.717) is 24.1 Å². The van der Waals surface area contributed by atoms with E-state index >= 15 is 0 Å². The minimum atomic E-state index is -3.73. The van der Waals surface area contributed by atoms with E-state index in [0.717, 1.165) is 12.8 Å². The molecule has 2 aromatic carbocycles. The number of nitrogens with zero attached hydrogens (tertiary/aromatic N) is 1. The van der Waals surface area contributed by atoms with Gasteiger partial charge >= 0.3 is 0 Å². The Labute approximate surface area is 170 Å². The molecule has 2 aromatic rings. The van der Waals surface area contributed by atoms with Gasteiger partial charge in [-0.3, -0.25) is 4.79 Å². The van der Waals surface area contributed by atoms with Gasteiger partial charge in [-0.05, 0) is 61.9 Å². The number of Topliss-reactive ketones (excluding diaryl/α,β-unsaturated/α-hetero) is 1. The van der Waals surface area contributed by atoms with Crippen molar-refractivity contribution in [3.8, 4) is 0 Å². The minimum Gasteiger partial charge on any atom is -0.385 e. The van der Waals surface area contributed by atoms with Crippen LogP contribution in [0.15, 0.2) is 53.4 Å². The molecule has 1 saturated carbocycles. The largest absolute Gasteiger partial charge is 0.385 e. The second-order valence-electron chi connectivity index (χ2n) is 8.09. The number of rotatable bonds is 4. The van der Waals surface area contributed by atoms with Crippen LogP contribution in [0, 0.1) is 17.7 Å². The Kier molecular flexibility index (Phi) is 5.09. The van der Waals surface area contributed by atoms with Crippen molar-refractivity contribution >= 4 is 15.8 Å². The maximum atomic E-state index is 13.3. The zero-order valence-corrected chi connectivity index (χ0v) is 17.0. The summed E-state index contributed by atoms with van der Waals surface area (Å²) < 4.78 is 41.1. The first kappa shape index (κ1) is 20.2. The third-order valence-electron chi connectivity index (χ3n) is 6.40. The fourth-order valence-corrected chi connectivity index (χ4v) is 6.31. The molecule has 1 saturated heterocycles. The predicted molar refractivity (Wildman–Crippen MR) is 106 cm³/mol. The van der Waals surface area contributed by atoms with Crippen molar-refractivity contribution in [3.63, 3.8) is 0 Å². The van der Waals surface area contributed by atoms with Crippen LogP contribution in [0.3, 0.4) is 0 Å². The monoisotopic (exact) mass is 417 g/mol. The summed E-state index contributed by atoms with van der Waals surface area (Å²) in [6, 6.07) is 11.8. The molecule has 3 atom stereocenters. The second kappa shape index (κ2) is 7.31. The highest BCUT2D eigenvalue weighted by molar-refractivity contribution is 7.89. The summed E-state index contributed by atoms with van der Waals surface area (Å²) in [5, 5.41) is 11.5. The van der Waals surface area contributed by atoms with E-state index < -0.39 is 15.6 Å². The van der Waals surface area contributed by atoms with Gasteiger partial charge in [0.2, 0.25) is 10.0 Å². The average molecular weight is 418 g/mol. The van der Waals surface area contributed by atoms with Crippen LogP contribution in [0.4, 0.5) is 4.39 Å². The molecule has 5 nitrogen and oxygen atoms in total. The van der Waals surface area contributed by atoms with E-state index in [-0.39, 0.29) is 34.9 Å². The summed E-state index contributed by atoms with van der Waals surface area (Å²) in [4.78, 5) is 11.6. The molecule has 1 aliphatic carbocycles. The summed E-state index contributed by atoms with van der Waals surface area (Å²) in [5.74, 6) is -0.683. The molecule has 0 bridgehead atoms. The Morgan fingerprint density at radius 3 is 2.38 bits per heavy atom. The first-order chi connectivity index (χ1) is 13.7. The Hall–Kier alpha value is -2.09. The highest BCUT2D eigenvalue weighted by Crippen LogP contribution is 2.49. The van der Waals surface area contributed by atoms with Crippen molar-refractivity contribution in [3.05, 3.63) is 65.5 Å². The third kappa shape index (κ3) is 3.52. The maximum absolute atomic E-state index is 13.3. The Bertz CT molecular complexity index is 1020. The van der Waals surface area contributed by atoms with E-state index in [2.05, 4.69) is 0 Å². The van der Waals surface area contributed by atoms with Gasteiger partial charge < -0.3 is 5.11 Å². The van der Waals surface area contributed by atoms with Crippen LogP contribution in [0.5, 0.6) is 0 Å².